The molecule has 2 fully saturated rings. The number of H-pyrrole nitrogens is 1. The first-order valence-corrected chi connectivity index (χ1v) is 14.5. The van der Waals surface area contributed by atoms with Gasteiger partial charge in [0, 0.05) is 49.8 Å². The monoisotopic (exact) mass is 566 g/mol. The van der Waals surface area contributed by atoms with Crippen LogP contribution < -0.4 is 9.47 Å². The first-order chi connectivity index (χ1) is 20.6. The van der Waals surface area contributed by atoms with Crippen molar-refractivity contribution in [2.75, 3.05) is 45.9 Å². The second-order valence-electron chi connectivity index (χ2n) is 10.7. The summed E-state index contributed by atoms with van der Waals surface area (Å²) in [4.78, 5) is 28.7. The molecule has 42 heavy (non-hydrogen) atoms. The molecule has 0 saturated carbocycles. The van der Waals surface area contributed by atoms with Crippen LogP contribution in [0.25, 0.3) is 33.7 Å². The quantitative estimate of drug-likeness (QED) is 0.311. The predicted molar refractivity (Wildman–Crippen MR) is 158 cm³/mol. The Bertz CT molecular complexity index is 1580. The number of ether oxygens (including phenoxy) is 2. The third kappa shape index (κ3) is 6.08. The number of rotatable bonds is 9. The van der Waals surface area contributed by atoms with Gasteiger partial charge in [0.15, 0.2) is 0 Å². The Labute approximate surface area is 244 Å². The lowest BCUT2D eigenvalue weighted by Crippen LogP contribution is -2.42. The van der Waals surface area contributed by atoms with E-state index < -0.39 is 6.61 Å². The Kier molecular flexibility index (Phi) is 8.30. The van der Waals surface area contributed by atoms with Gasteiger partial charge in [-0.15, -0.1) is 0 Å². The molecule has 2 saturated heterocycles. The number of benzene rings is 2. The van der Waals surface area contributed by atoms with Gasteiger partial charge in [-0.05, 0) is 74.5 Å². The van der Waals surface area contributed by atoms with Crippen molar-refractivity contribution in [3.8, 4) is 40.2 Å². The van der Waals surface area contributed by atoms with E-state index in [2.05, 4.69) is 20.9 Å². The molecule has 0 atom stereocenters. The number of hydrogen-bond donors (Lipinski definition) is 2. The first-order valence-electron chi connectivity index (χ1n) is 14.5. The molecule has 1 amide bonds. The number of nitrogens with one attached hydrogen (secondary N) is 1. The van der Waals surface area contributed by atoms with Crippen molar-refractivity contribution >= 4 is 16.9 Å². The van der Waals surface area contributed by atoms with E-state index >= 15 is 0 Å². The molecule has 2 N–H and O–H groups in total. The van der Waals surface area contributed by atoms with E-state index in [1.165, 1.54) is 12.8 Å². The van der Waals surface area contributed by atoms with Crippen molar-refractivity contribution in [3.05, 3.63) is 60.3 Å². The highest BCUT2D eigenvalue weighted by atomic mass is 16.5. The van der Waals surface area contributed by atoms with Crippen molar-refractivity contribution in [3.63, 3.8) is 0 Å². The van der Waals surface area contributed by atoms with E-state index in [1.807, 2.05) is 36.4 Å². The fourth-order valence-corrected chi connectivity index (χ4v) is 5.66. The number of hydrogen-bond acceptors (Lipinski definition) is 8. The second-order valence-corrected chi connectivity index (χ2v) is 10.7. The Morgan fingerprint density at radius 2 is 1.81 bits per heavy atom. The zero-order chi connectivity index (χ0) is 28.9. The molecule has 2 aromatic carbocycles. The smallest absolute Gasteiger partial charge is 0.248 e. The lowest BCUT2D eigenvalue weighted by Gasteiger charge is -2.32. The summed E-state index contributed by atoms with van der Waals surface area (Å²) in [5.74, 6) is 1.81. The van der Waals surface area contributed by atoms with E-state index in [4.69, 9.17) is 19.6 Å². The van der Waals surface area contributed by atoms with Crippen LogP contribution in [-0.2, 0) is 4.79 Å². The van der Waals surface area contributed by atoms with Crippen LogP contribution in [0.3, 0.4) is 0 Å². The minimum atomic E-state index is -0.482. The zero-order valence-corrected chi connectivity index (χ0v) is 23.5. The highest BCUT2D eigenvalue weighted by Gasteiger charge is 2.24. The van der Waals surface area contributed by atoms with Crippen molar-refractivity contribution in [2.24, 2.45) is 0 Å². The van der Waals surface area contributed by atoms with Crippen LogP contribution in [0.2, 0.25) is 0 Å². The van der Waals surface area contributed by atoms with Gasteiger partial charge in [0.2, 0.25) is 5.91 Å². The normalized spacial score (nSPS) is 16.0. The summed E-state index contributed by atoms with van der Waals surface area (Å²) in [6.45, 7) is 4.52. The van der Waals surface area contributed by atoms with Gasteiger partial charge in [-0.3, -0.25) is 14.7 Å². The maximum absolute atomic E-state index is 11.7. The molecule has 0 radical (unpaired) electrons. The van der Waals surface area contributed by atoms with Crippen LogP contribution >= 0.6 is 0 Å². The van der Waals surface area contributed by atoms with Crippen molar-refractivity contribution < 1.29 is 19.4 Å². The number of aromatic nitrogens is 3. The fraction of sp³-hybridized carbons (Fsp3) is 0.375. The van der Waals surface area contributed by atoms with Crippen LogP contribution in [0.15, 0.2) is 54.7 Å². The summed E-state index contributed by atoms with van der Waals surface area (Å²) in [6, 6.07) is 17.6. The van der Waals surface area contributed by atoms with Crippen LogP contribution in [-0.4, -0.2) is 87.8 Å². The second kappa shape index (κ2) is 12.6. The number of carbonyl (C=O) groups excluding carboxylic acids is 1. The predicted octanol–water partition coefficient (Wildman–Crippen LogP) is 4.00. The number of aliphatic hydroxyl groups excluding tert-OH is 1. The number of piperidine rings is 1. The van der Waals surface area contributed by atoms with E-state index in [0.29, 0.717) is 49.5 Å². The summed E-state index contributed by atoms with van der Waals surface area (Å²) >= 11 is 0. The number of imidazole rings is 1. The van der Waals surface area contributed by atoms with Crippen molar-refractivity contribution in [1.29, 1.82) is 5.26 Å². The van der Waals surface area contributed by atoms with Gasteiger partial charge < -0.3 is 24.5 Å². The average molecular weight is 567 g/mol. The topological polar surface area (TPSA) is 128 Å². The minimum Gasteiger partial charge on any atom is -0.492 e. The van der Waals surface area contributed by atoms with Gasteiger partial charge in [-0.2, -0.15) is 5.26 Å². The van der Waals surface area contributed by atoms with Crippen molar-refractivity contribution in [1.82, 2.24) is 24.8 Å². The molecule has 2 aromatic heterocycles. The number of amides is 1. The molecule has 2 aliphatic rings. The summed E-state index contributed by atoms with van der Waals surface area (Å²) in [6.07, 6.45) is 5.46. The number of nitriles is 1. The summed E-state index contributed by atoms with van der Waals surface area (Å²) in [5.41, 5.74) is 4.37. The molecule has 0 aliphatic carbocycles. The van der Waals surface area contributed by atoms with Gasteiger partial charge in [0.25, 0.3) is 0 Å². The molecule has 216 valence electrons. The van der Waals surface area contributed by atoms with Crippen molar-refractivity contribution in [2.45, 2.75) is 31.8 Å². The number of pyridine rings is 1. The number of fused-ring (bicyclic) bond motifs is 1. The highest BCUT2D eigenvalue weighted by Crippen LogP contribution is 2.32. The summed E-state index contributed by atoms with van der Waals surface area (Å²) in [5, 5.41) is 19.0. The molecule has 6 rings (SSSR count). The Morgan fingerprint density at radius 3 is 2.55 bits per heavy atom. The summed E-state index contributed by atoms with van der Waals surface area (Å²) in [7, 11) is 0. The Balaban J connectivity index is 1.16. The van der Waals surface area contributed by atoms with E-state index in [-0.39, 0.29) is 12.0 Å². The highest BCUT2D eigenvalue weighted by molar-refractivity contribution is 5.91. The maximum Gasteiger partial charge on any atom is 0.248 e. The molecule has 0 unspecified atom stereocenters. The fourth-order valence-electron chi connectivity index (χ4n) is 5.66. The lowest BCUT2D eigenvalue weighted by molar-refractivity contribution is -0.135. The van der Waals surface area contributed by atoms with Gasteiger partial charge >= 0.3 is 0 Å². The third-order valence-electron chi connectivity index (χ3n) is 8.00. The lowest BCUT2D eigenvalue weighted by atomic mass is 10.0. The molecule has 0 spiro atoms. The third-order valence-corrected chi connectivity index (χ3v) is 8.00. The SMILES string of the molecule is N#Cc1cc(-c2nccc3[nH]c(-c4ccc(OCCN5CCCC5)cc4)nc23)ccc1OC1CCN(C(=O)CO)CC1. The van der Waals surface area contributed by atoms with Crippen LogP contribution in [0.4, 0.5) is 0 Å². The van der Waals surface area contributed by atoms with E-state index in [1.54, 1.807) is 23.2 Å². The van der Waals surface area contributed by atoms with E-state index in [0.717, 1.165) is 53.4 Å². The van der Waals surface area contributed by atoms with Crippen LogP contribution in [0, 0.1) is 11.3 Å². The largest absolute Gasteiger partial charge is 0.492 e. The maximum atomic E-state index is 11.7. The molecule has 10 heteroatoms. The number of aromatic amines is 1. The number of nitrogens with zero attached hydrogens (tertiary/aromatic N) is 5. The first kappa shape index (κ1) is 27.7. The zero-order valence-electron chi connectivity index (χ0n) is 23.5. The molecule has 4 heterocycles. The molecule has 2 aliphatic heterocycles. The summed E-state index contributed by atoms with van der Waals surface area (Å²) < 4.78 is 12.1. The van der Waals surface area contributed by atoms with Gasteiger partial charge in [0.1, 0.15) is 48.2 Å². The Morgan fingerprint density at radius 1 is 1.05 bits per heavy atom. The van der Waals surface area contributed by atoms with Crippen LogP contribution in [0.1, 0.15) is 31.2 Å². The van der Waals surface area contributed by atoms with Gasteiger partial charge in [-0.1, -0.05) is 0 Å². The van der Waals surface area contributed by atoms with Crippen LogP contribution in [0.5, 0.6) is 11.5 Å². The molecule has 0 bridgehead atoms. The number of aliphatic hydroxyl groups is 1. The Hall–Kier alpha value is -4.46. The van der Waals surface area contributed by atoms with Gasteiger partial charge in [-0.25, -0.2) is 4.98 Å². The number of likely N-dealkylation sites (tertiary alicyclic amines) is 2. The standard InChI is InChI=1S/C32H34N6O4/c33-20-24-19-23(5-8-28(24)42-26-10-15-38(16-11-26)29(40)21-39)30-31-27(9-12-34-30)35-32(36-31)22-3-6-25(7-4-22)41-18-17-37-13-1-2-14-37/h3-9,12,19,26,39H,1-2,10-11,13-18,21H2,(H,35,36). The van der Waals surface area contributed by atoms with E-state index in [9.17, 15) is 10.1 Å². The molecular formula is C32H34N6O4. The molecule has 4 aromatic rings. The molecular weight excluding hydrogens is 532 g/mol. The minimum absolute atomic E-state index is 0.108. The van der Waals surface area contributed by atoms with Gasteiger partial charge in [0.05, 0.1) is 16.8 Å². The molecule has 10 nitrogen and oxygen atoms in total. The number of carbonyl (C=O) groups is 1. The average Bonchev–Trinajstić information content (AvgIpc) is 3.72.